The number of nitrogens with zero attached hydrogens (tertiary/aromatic N) is 1. The molecule has 2 atom stereocenters. The Hall–Kier alpha value is -3.41. The van der Waals surface area contributed by atoms with Crippen molar-refractivity contribution in [2.75, 3.05) is 21.3 Å². The molecule has 148 valence electrons. The van der Waals surface area contributed by atoms with Crippen molar-refractivity contribution in [2.24, 2.45) is 10.9 Å². The van der Waals surface area contributed by atoms with Gasteiger partial charge < -0.3 is 14.2 Å². The number of hydrogen-bond donors (Lipinski definition) is 0. The smallest absolute Gasteiger partial charge is 0.315 e. The molecule has 6 nitrogen and oxygen atoms in total. The number of fused-ring (bicyclic) bond motifs is 2. The van der Waals surface area contributed by atoms with Crippen LogP contribution in [-0.4, -0.2) is 38.8 Å². The molecule has 0 fully saturated rings. The Labute approximate surface area is 168 Å². The van der Waals surface area contributed by atoms with E-state index >= 15 is 0 Å². The summed E-state index contributed by atoms with van der Waals surface area (Å²) >= 11 is 0. The van der Waals surface area contributed by atoms with Crippen molar-refractivity contribution in [1.29, 1.82) is 0 Å². The third kappa shape index (κ3) is 2.83. The number of methoxy groups -OCH3 is 3. The first-order valence-corrected chi connectivity index (χ1v) is 9.25. The molecule has 1 heterocycles. The van der Waals surface area contributed by atoms with Gasteiger partial charge in [0.1, 0.15) is 17.4 Å². The van der Waals surface area contributed by atoms with Gasteiger partial charge in [0.15, 0.2) is 5.78 Å². The molecular weight excluding hydrogens is 370 g/mol. The lowest BCUT2D eigenvalue weighted by atomic mass is 9.75. The number of esters is 1. The van der Waals surface area contributed by atoms with Crippen LogP contribution in [0.2, 0.25) is 0 Å². The molecule has 0 saturated heterocycles. The molecule has 1 unspecified atom stereocenters. The molecule has 6 heteroatoms. The molecule has 1 aliphatic carbocycles. The maximum absolute atomic E-state index is 13.4. The lowest BCUT2D eigenvalue weighted by molar-refractivity contribution is -0.143. The van der Waals surface area contributed by atoms with Crippen LogP contribution < -0.4 is 9.47 Å². The average Bonchev–Trinajstić information content (AvgIpc) is 3.03. The van der Waals surface area contributed by atoms with Crippen LogP contribution in [0.15, 0.2) is 53.0 Å². The van der Waals surface area contributed by atoms with Crippen LogP contribution in [0.25, 0.3) is 5.70 Å². The quantitative estimate of drug-likeness (QED) is 0.744. The van der Waals surface area contributed by atoms with E-state index < -0.39 is 17.8 Å². The molecule has 0 amide bonds. The summed E-state index contributed by atoms with van der Waals surface area (Å²) in [4.78, 5) is 30.8. The fourth-order valence-electron chi connectivity index (χ4n) is 4.19. The van der Waals surface area contributed by atoms with E-state index in [0.717, 1.165) is 5.56 Å². The zero-order valence-electron chi connectivity index (χ0n) is 16.7. The van der Waals surface area contributed by atoms with E-state index in [-0.39, 0.29) is 5.78 Å². The standard InChI is InChI=1S/C23H21NO5/c1-12-18(23(26)29-4)19(16-10-9-13(27-2)11-17(16)28-3)20-21(24-12)14-7-5-6-8-15(14)22(20)25/h5-11,18-19H,1-4H3/t18?,19-/m0/s1. The summed E-state index contributed by atoms with van der Waals surface area (Å²) in [5, 5.41) is 0. The van der Waals surface area contributed by atoms with Gasteiger partial charge in [-0.25, -0.2) is 0 Å². The molecule has 0 bridgehead atoms. The van der Waals surface area contributed by atoms with Crippen molar-refractivity contribution in [3.05, 3.63) is 64.7 Å². The number of carbonyl (C=O) groups is 2. The van der Waals surface area contributed by atoms with Crippen molar-refractivity contribution < 1.29 is 23.8 Å². The predicted octanol–water partition coefficient (Wildman–Crippen LogP) is 3.66. The Morgan fingerprint density at radius 2 is 1.72 bits per heavy atom. The summed E-state index contributed by atoms with van der Waals surface area (Å²) in [5.41, 5.74) is 3.81. The van der Waals surface area contributed by atoms with Gasteiger partial charge in [-0.15, -0.1) is 0 Å². The molecule has 0 radical (unpaired) electrons. The largest absolute Gasteiger partial charge is 0.497 e. The van der Waals surface area contributed by atoms with Gasteiger partial charge in [-0.3, -0.25) is 14.6 Å². The normalized spacial score (nSPS) is 20.0. The zero-order chi connectivity index (χ0) is 20.7. The monoisotopic (exact) mass is 391 g/mol. The third-order valence-corrected chi connectivity index (χ3v) is 5.54. The predicted molar refractivity (Wildman–Crippen MR) is 109 cm³/mol. The van der Waals surface area contributed by atoms with E-state index in [1.807, 2.05) is 24.3 Å². The molecule has 0 N–H and O–H groups in total. The van der Waals surface area contributed by atoms with Gasteiger partial charge in [0.2, 0.25) is 0 Å². The summed E-state index contributed by atoms with van der Waals surface area (Å²) in [7, 11) is 4.46. The Kier molecular flexibility index (Phi) is 4.70. The van der Waals surface area contributed by atoms with Crippen LogP contribution in [0.1, 0.15) is 34.3 Å². The zero-order valence-corrected chi connectivity index (χ0v) is 16.7. The molecule has 1 aliphatic heterocycles. The second-order valence-electron chi connectivity index (χ2n) is 6.98. The number of hydrogen-bond acceptors (Lipinski definition) is 6. The van der Waals surface area contributed by atoms with Crippen LogP contribution in [0.5, 0.6) is 11.5 Å². The first-order valence-electron chi connectivity index (χ1n) is 9.25. The molecule has 2 aromatic carbocycles. The van der Waals surface area contributed by atoms with Crippen molar-refractivity contribution >= 4 is 23.2 Å². The Balaban J connectivity index is 1.98. The fourth-order valence-corrected chi connectivity index (χ4v) is 4.19. The number of Topliss-reactive ketones (excluding diaryl/α,β-unsaturated/α-hetero) is 1. The van der Waals surface area contributed by atoms with E-state index in [2.05, 4.69) is 4.99 Å². The molecule has 0 aromatic heterocycles. The maximum Gasteiger partial charge on any atom is 0.315 e. The van der Waals surface area contributed by atoms with Gasteiger partial charge in [-0.05, 0) is 13.0 Å². The third-order valence-electron chi connectivity index (χ3n) is 5.54. The average molecular weight is 391 g/mol. The van der Waals surface area contributed by atoms with E-state index in [4.69, 9.17) is 14.2 Å². The summed E-state index contributed by atoms with van der Waals surface area (Å²) < 4.78 is 16.0. The summed E-state index contributed by atoms with van der Waals surface area (Å²) in [6, 6.07) is 12.7. The van der Waals surface area contributed by atoms with Gasteiger partial charge in [0.05, 0.1) is 27.0 Å². The van der Waals surface area contributed by atoms with Crippen LogP contribution in [0, 0.1) is 5.92 Å². The van der Waals surface area contributed by atoms with E-state index in [1.54, 1.807) is 39.3 Å². The number of allylic oxidation sites excluding steroid dienone is 1. The second-order valence-corrected chi connectivity index (χ2v) is 6.98. The summed E-state index contributed by atoms with van der Waals surface area (Å²) in [6.07, 6.45) is 0. The first-order chi connectivity index (χ1) is 14.0. The van der Waals surface area contributed by atoms with E-state index in [9.17, 15) is 9.59 Å². The van der Waals surface area contributed by atoms with Crippen LogP contribution in [0.3, 0.4) is 0 Å². The van der Waals surface area contributed by atoms with Gasteiger partial charge >= 0.3 is 5.97 Å². The van der Waals surface area contributed by atoms with Crippen molar-refractivity contribution in [2.45, 2.75) is 12.8 Å². The van der Waals surface area contributed by atoms with Crippen molar-refractivity contribution in [3.63, 3.8) is 0 Å². The van der Waals surface area contributed by atoms with Crippen molar-refractivity contribution in [3.8, 4) is 11.5 Å². The molecule has 4 rings (SSSR count). The van der Waals surface area contributed by atoms with Gasteiger partial charge in [0.25, 0.3) is 0 Å². The molecule has 2 aliphatic rings. The minimum atomic E-state index is -0.723. The van der Waals surface area contributed by atoms with Gasteiger partial charge in [0, 0.05) is 40.0 Å². The van der Waals surface area contributed by atoms with Crippen LogP contribution in [-0.2, 0) is 9.53 Å². The number of ketones is 1. The number of benzene rings is 2. The Morgan fingerprint density at radius 1 is 1.00 bits per heavy atom. The lowest BCUT2D eigenvalue weighted by Crippen LogP contribution is -2.34. The topological polar surface area (TPSA) is 74.2 Å². The molecular formula is C23H21NO5. The second kappa shape index (κ2) is 7.20. The Morgan fingerprint density at radius 3 is 2.38 bits per heavy atom. The van der Waals surface area contributed by atoms with E-state index in [1.165, 1.54) is 7.11 Å². The highest BCUT2D eigenvalue weighted by Crippen LogP contribution is 2.50. The maximum atomic E-state index is 13.4. The molecule has 0 spiro atoms. The van der Waals surface area contributed by atoms with Gasteiger partial charge in [-0.2, -0.15) is 0 Å². The van der Waals surface area contributed by atoms with E-state index in [0.29, 0.717) is 39.6 Å². The van der Waals surface area contributed by atoms with Gasteiger partial charge in [-0.1, -0.05) is 30.3 Å². The highest BCUT2D eigenvalue weighted by molar-refractivity contribution is 6.24. The highest BCUT2D eigenvalue weighted by Gasteiger charge is 2.46. The molecule has 0 saturated carbocycles. The molecule has 29 heavy (non-hydrogen) atoms. The minimum Gasteiger partial charge on any atom is -0.497 e. The number of aliphatic imine (C=N–C) groups is 1. The minimum absolute atomic E-state index is 0.122. The Bertz CT molecular complexity index is 1080. The fraction of sp³-hybridized carbons (Fsp3) is 0.261. The van der Waals surface area contributed by atoms with Crippen molar-refractivity contribution in [1.82, 2.24) is 0 Å². The number of carbonyl (C=O) groups excluding carboxylic acids is 2. The summed E-state index contributed by atoms with van der Waals surface area (Å²) in [6.45, 7) is 1.79. The summed E-state index contributed by atoms with van der Waals surface area (Å²) in [5.74, 6) is -0.701. The SMILES string of the molecule is COC(=O)C1C(C)=NC2=C(C(=O)c3ccccc32)[C@H]1c1ccc(OC)cc1OC. The molecule has 2 aromatic rings. The van der Waals surface area contributed by atoms with Crippen LogP contribution >= 0.6 is 0 Å². The van der Waals surface area contributed by atoms with Crippen LogP contribution in [0.4, 0.5) is 0 Å². The highest BCUT2D eigenvalue weighted by atomic mass is 16.5. The lowest BCUT2D eigenvalue weighted by Gasteiger charge is -2.31. The number of rotatable bonds is 4. The first kappa shape index (κ1) is 18.9. The number of ether oxygens (including phenoxy) is 3.